The van der Waals surface area contributed by atoms with Gasteiger partial charge in [-0.3, -0.25) is 10.2 Å². The van der Waals surface area contributed by atoms with E-state index in [-0.39, 0.29) is 23.8 Å². The predicted octanol–water partition coefficient (Wildman–Crippen LogP) is 4.07. The summed E-state index contributed by atoms with van der Waals surface area (Å²) in [6.45, 7) is 0. The van der Waals surface area contributed by atoms with Crippen molar-refractivity contribution >= 4 is 33.4 Å². The van der Waals surface area contributed by atoms with E-state index in [0.717, 1.165) is 53.0 Å². The number of carbonyl (C=O) groups excluding carboxylic acids is 1. The Kier molecular flexibility index (Phi) is 5.15. The summed E-state index contributed by atoms with van der Waals surface area (Å²) in [5.74, 6) is -0.0955. The summed E-state index contributed by atoms with van der Waals surface area (Å²) in [6, 6.07) is 22.2. The average molecular weight is 426 g/mol. The van der Waals surface area contributed by atoms with Crippen LogP contribution in [0.1, 0.15) is 41.7 Å². The van der Waals surface area contributed by atoms with Gasteiger partial charge in [-0.05, 0) is 60.7 Å². The number of carbonyl (C=O) groups is 1. The Bertz CT molecular complexity index is 1330. The van der Waals surface area contributed by atoms with Crippen LogP contribution in [-0.4, -0.2) is 28.4 Å². The van der Waals surface area contributed by atoms with Gasteiger partial charge in [-0.1, -0.05) is 42.5 Å². The average Bonchev–Trinajstić information content (AvgIpc) is 3.19. The van der Waals surface area contributed by atoms with Gasteiger partial charge >= 0.3 is 0 Å². The quantitative estimate of drug-likeness (QED) is 0.292. The van der Waals surface area contributed by atoms with Gasteiger partial charge in [0.2, 0.25) is 0 Å². The summed E-state index contributed by atoms with van der Waals surface area (Å²) in [7, 11) is 0. The van der Waals surface area contributed by atoms with Crippen molar-refractivity contribution in [3.8, 4) is 5.69 Å². The van der Waals surface area contributed by atoms with Crippen molar-refractivity contribution in [1.82, 2.24) is 9.88 Å². The Labute approximate surface area is 186 Å². The van der Waals surface area contributed by atoms with E-state index in [2.05, 4.69) is 29.6 Å². The molecule has 0 atom stereocenters. The molecule has 1 aromatic heterocycles. The second-order valence-corrected chi connectivity index (χ2v) is 8.67. The van der Waals surface area contributed by atoms with Crippen LogP contribution in [0.4, 0.5) is 0 Å². The molecule has 0 unspecified atom stereocenters. The molecule has 3 aromatic carbocycles. The van der Waals surface area contributed by atoms with Gasteiger partial charge in [0.15, 0.2) is 0 Å². The van der Waals surface area contributed by atoms with E-state index in [1.807, 2.05) is 47.0 Å². The zero-order chi connectivity index (χ0) is 22.2. The Morgan fingerprint density at radius 2 is 1.62 bits per heavy atom. The van der Waals surface area contributed by atoms with Gasteiger partial charge < -0.3 is 21.4 Å². The summed E-state index contributed by atoms with van der Waals surface area (Å²) in [5.41, 5.74) is 14.7. The van der Waals surface area contributed by atoms with Crippen LogP contribution in [0.15, 0.2) is 66.7 Å². The lowest BCUT2D eigenvalue weighted by Gasteiger charge is -2.27. The highest BCUT2D eigenvalue weighted by atomic mass is 16.2. The second kappa shape index (κ2) is 8.13. The number of benzene rings is 3. The number of hydrogen-bond donors (Lipinski definition) is 4. The van der Waals surface area contributed by atoms with E-state index < -0.39 is 0 Å². The monoisotopic (exact) mass is 425 g/mol. The molecule has 0 saturated heterocycles. The first-order chi connectivity index (χ1) is 15.5. The third-order valence-electron chi connectivity index (χ3n) is 6.45. The third kappa shape index (κ3) is 3.74. The Morgan fingerprint density at radius 1 is 0.906 bits per heavy atom. The molecule has 1 amide bonds. The minimum Gasteiger partial charge on any atom is -0.384 e. The van der Waals surface area contributed by atoms with Crippen LogP contribution in [-0.2, 0) is 0 Å². The maximum atomic E-state index is 13.4. The van der Waals surface area contributed by atoms with Gasteiger partial charge in [-0.2, -0.15) is 0 Å². The van der Waals surface area contributed by atoms with Gasteiger partial charge in [0.05, 0.1) is 5.52 Å². The third-order valence-corrected chi connectivity index (χ3v) is 6.45. The van der Waals surface area contributed by atoms with E-state index >= 15 is 0 Å². The molecule has 1 aliphatic carbocycles. The van der Waals surface area contributed by atoms with Gasteiger partial charge in [0.25, 0.3) is 5.91 Å². The second-order valence-electron chi connectivity index (χ2n) is 8.67. The Balaban J connectivity index is 1.62. The topological polar surface area (TPSA) is 110 Å². The summed E-state index contributed by atoms with van der Waals surface area (Å²) in [6.07, 6.45) is 3.66. The maximum Gasteiger partial charge on any atom is 0.268 e. The molecule has 0 radical (unpaired) electrons. The van der Waals surface area contributed by atoms with Crippen LogP contribution in [0.3, 0.4) is 0 Å². The molecular weight excluding hydrogens is 398 g/mol. The van der Waals surface area contributed by atoms with E-state index in [4.69, 9.17) is 16.9 Å². The summed E-state index contributed by atoms with van der Waals surface area (Å²) >= 11 is 0. The molecule has 4 aromatic rings. The van der Waals surface area contributed by atoms with Crippen molar-refractivity contribution in [2.75, 3.05) is 0 Å². The lowest BCUT2D eigenvalue weighted by molar-refractivity contribution is 0.0919. The standard InChI is InChI=1S/C26H27N5O/c27-20-8-10-21(11-9-20)30-26(32)24-14-18-5-6-19(25(28)29)15-23(18)31(24)22-12-7-16-3-1-2-4-17(16)13-22/h1-7,12-15,20-21H,8-11,27H2,(H3,28,29)(H,30,32)/t20-,21+. The molecule has 1 fully saturated rings. The van der Waals surface area contributed by atoms with Crippen molar-refractivity contribution in [2.24, 2.45) is 11.5 Å². The van der Waals surface area contributed by atoms with E-state index in [1.54, 1.807) is 0 Å². The first-order valence-electron chi connectivity index (χ1n) is 11.0. The molecule has 0 spiro atoms. The Morgan fingerprint density at radius 3 is 2.38 bits per heavy atom. The van der Waals surface area contributed by atoms with Crippen LogP contribution in [0.5, 0.6) is 0 Å². The van der Waals surface area contributed by atoms with Crippen LogP contribution in [0, 0.1) is 5.41 Å². The number of hydrogen-bond acceptors (Lipinski definition) is 3. The number of amides is 1. The summed E-state index contributed by atoms with van der Waals surface area (Å²) in [5, 5.41) is 14.2. The molecule has 32 heavy (non-hydrogen) atoms. The van der Waals surface area contributed by atoms with E-state index in [9.17, 15) is 4.79 Å². The zero-order valence-corrected chi connectivity index (χ0v) is 17.8. The first kappa shape index (κ1) is 20.3. The number of amidine groups is 1. The van der Waals surface area contributed by atoms with Gasteiger partial charge in [-0.15, -0.1) is 0 Å². The number of nitrogen functional groups attached to an aromatic ring is 1. The maximum absolute atomic E-state index is 13.4. The van der Waals surface area contributed by atoms with Crippen molar-refractivity contribution in [3.05, 3.63) is 78.0 Å². The zero-order valence-electron chi connectivity index (χ0n) is 17.8. The van der Waals surface area contributed by atoms with Crippen molar-refractivity contribution in [3.63, 3.8) is 0 Å². The van der Waals surface area contributed by atoms with Crippen molar-refractivity contribution in [2.45, 2.75) is 37.8 Å². The van der Waals surface area contributed by atoms with Crippen LogP contribution >= 0.6 is 0 Å². The SMILES string of the molecule is N=C(N)c1ccc2cc(C(=O)N[C@H]3CC[C@@H](N)CC3)n(-c3ccc4ccccc4c3)c2c1. The fourth-order valence-electron chi connectivity index (χ4n) is 4.65. The van der Waals surface area contributed by atoms with Gasteiger partial charge in [0.1, 0.15) is 11.5 Å². The summed E-state index contributed by atoms with van der Waals surface area (Å²) in [4.78, 5) is 13.4. The molecule has 162 valence electrons. The number of aromatic nitrogens is 1. The molecule has 5 rings (SSSR count). The fourth-order valence-corrected chi connectivity index (χ4v) is 4.65. The number of nitrogens with two attached hydrogens (primary N) is 2. The molecule has 6 N–H and O–H groups in total. The lowest BCUT2D eigenvalue weighted by atomic mass is 9.92. The highest BCUT2D eigenvalue weighted by Gasteiger charge is 2.23. The molecule has 0 bridgehead atoms. The van der Waals surface area contributed by atoms with Crippen LogP contribution < -0.4 is 16.8 Å². The predicted molar refractivity (Wildman–Crippen MR) is 129 cm³/mol. The van der Waals surface area contributed by atoms with E-state index in [0.29, 0.717) is 11.3 Å². The smallest absolute Gasteiger partial charge is 0.268 e. The number of nitrogens with one attached hydrogen (secondary N) is 2. The summed E-state index contributed by atoms with van der Waals surface area (Å²) < 4.78 is 1.97. The van der Waals surface area contributed by atoms with Gasteiger partial charge in [0, 0.05) is 28.7 Å². The lowest BCUT2D eigenvalue weighted by Crippen LogP contribution is -2.41. The molecule has 0 aliphatic heterocycles. The normalized spacial score (nSPS) is 18.7. The molecule has 6 heteroatoms. The van der Waals surface area contributed by atoms with Crippen LogP contribution in [0.25, 0.3) is 27.4 Å². The molecule has 1 saturated carbocycles. The fraction of sp³-hybridized carbons (Fsp3) is 0.231. The largest absolute Gasteiger partial charge is 0.384 e. The van der Waals surface area contributed by atoms with Crippen LogP contribution in [0.2, 0.25) is 0 Å². The highest BCUT2D eigenvalue weighted by molar-refractivity contribution is 6.03. The Hall–Kier alpha value is -3.64. The van der Waals surface area contributed by atoms with Crippen molar-refractivity contribution in [1.29, 1.82) is 5.41 Å². The van der Waals surface area contributed by atoms with E-state index in [1.165, 1.54) is 0 Å². The number of rotatable bonds is 4. The minimum atomic E-state index is -0.0980. The van der Waals surface area contributed by atoms with Gasteiger partial charge in [-0.25, -0.2) is 0 Å². The first-order valence-corrected chi connectivity index (χ1v) is 11.0. The van der Waals surface area contributed by atoms with Crippen molar-refractivity contribution < 1.29 is 4.79 Å². The number of fused-ring (bicyclic) bond motifs is 2. The molecular formula is C26H27N5O. The molecule has 1 heterocycles. The highest BCUT2D eigenvalue weighted by Crippen LogP contribution is 2.28. The molecule has 6 nitrogen and oxygen atoms in total. The minimum absolute atomic E-state index is 0.00251. The number of nitrogens with zero attached hydrogens (tertiary/aromatic N) is 1. The molecule has 1 aliphatic rings.